The van der Waals surface area contributed by atoms with Crippen molar-refractivity contribution < 1.29 is 13.2 Å². The Balaban J connectivity index is 2.25. The second kappa shape index (κ2) is 5.68. The zero-order valence-corrected chi connectivity index (χ0v) is 14.2. The first-order valence-electron chi connectivity index (χ1n) is 7.02. The lowest BCUT2D eigenvalue weighted by molar-refractivity contribution is 0.0993. The normalized spacial score (nSPS) is 17.0. The second-order valence-electron chi connectivity index (χ2n) is 5.35. The third kappa shape index (κ3) is 2.55. The molecule has 0 saturated carbocycles. The van der Waals surface area contributed by atoms with Gasteiger partial charge in [0, 0.05) is 28.5 Å². The predicted molar refractivity (Wildman–Crippen MR) is 87.1 cm³/mol. The molecule has 1 amide bonds. The lowest BCUT2D eigenvalue weighted by Crippen LogP contribution is -2.36. The van der Waals surface area contributed by atoms with Gasteiger partial charge in [-0.15, -0.1) is 0 Å². The lowest BCUT2D eigenvalue weighted by Gasteiger charge is -2.26. The summed E-state index contributed by atoms with van der Waals surface area (Å²) in [5, 5.41) is 0.480. The number of sulfonamides is 1. The molecule has 118 valence electrons. The molecule has 1 aliphatic rings. The number of nitrogens with one attached hydrogen (secondary N) is 1. The number of rotatable bonds is 3. The SMILES string of the molecule is NC(=O)c1[nH]c2ccc(Br)cc2c1S(=O)(=O)N1CCCCC1. The maximum atomic E-state index is 13.0. The minimum absolute atomic E-state index is 0.0156. The molecule has 3 rings (SSSR count). The van der Waals surface area contributed by atoms with Crippen LogP contribution in [0.25, 0.3) is 10.9 Å². The highest BCUT2D eigenvalue weighted by Crippen LogP contribution is 2.32. The molecule has 1 saturated heterocycles. The van der Waals surface area contributed by atoms with E-state index in [2.05, 4.69) is 20.9 Å². The molecule has 3 N–H and O–H groups in total. The quantitative estimate of drug-likeness (QED) is 0.847. The Morgan fingerprint density at radius 3 is 2.55 bits per heavy atom. The summed E-state index contributed by atoms with van der Waals surface area (Å²) in [5.41, 5.74) is 5.90. The number of H-pyrrole nitrogens is 1. The monoisotopic (exact) mass is 385 g/mol. The van der Waals surface area contributed by atoms with Crippen LogP contribution in [-0.4, -0.2) is 36.7 Å². The summed E-state index contributed by atoms with van der Waals surface area (Å²) in [6.45, 7) is 0.947. The minimum atomic E-state index is -3.76. The van der Waals surface area contributed by atoms with E-state index in [9.17, 15) is 13.2 Å². The molecule has 2 heterocycles. The number of hydrogen-bond acceptors (Lipinski definition) is 3. The molecule has 1 aromatic carbocycles. The fourth-order valence-corrected chi connectivity index (χ4v) is 5.03. The summed E-state index contributed by atoms with van der Waals surface area (Å²) in [4.78, 5) is 14.5. The minimum Gasteiger partial charge on any atom is -0.364 e. The first kappa shape index (κ1) is 15.5. The highest BCUT2D eigenvalue weighted by atomic mass is 79.9. The molecule has 1 aliphatic heterocycles. The van der Waals surface area contributed by atoms with Crippen LogP contribution in [0.2, 0.25) is 0 Å². The Hall–Kier alpha value is -1.38. The van der Waals surface area contributed by atoms with Gasteiger partial charge in [0.1, 0.15) is 10.6 Å². The Morgan fingerprint density at radius 2 is 1.91 bits per heavy atom. The molecule has 2 aromatic rings. The number of hydrogen-bond donors (Lipinski definition) is 2. The Labute approximate surface area is 136 Å². The van der Waals surface area contributed by atoms with Crippen molar-refractivity contribution in [1.29, 1.82) is 0 Å². The smallest absolute Gasteiger partial charge is 0.266 e. The van der Waals surface area contributed by atoms with Crippen LogP contribution in [0.3, 0.4) is 0 Å². The molecule has 0 unspecified atom stereocenters. The van der Waals surface area contributed by atoms with Crippen molar-refractivity contribution in [1.82, 2.24) is 9.29 Å². The van der Waals surface area contributed by atoms with Crippen molar-refractivity contribution in [2.24, 2.45) is 5.73 Å². The van der Waals surface area contributed by atoms with Crippen LogP contribution in [0.15, 0.2) is 27.6 Å². The van der Waals surface area contributed by atoms with Gasteiger partial charge in [0.25, 0.3) is 5.91 Å². The standard InChI is InChI=1S/C14H16BrN3O3S/c15-9-4-5-11-10(8-9)13(12(17-11)14(16)19)22(20,21)18-6-2-1-3-7-18/h4-5,8,17H,1-3,6-7H2,(H2,16,19). The summed E-state index contributed by atoms with van der Waals surface area (Å²) >= 11 is 3.34. The Kier molecular flexibility index (Phi) is 4.00. The molecule has 1 aromatic heterocycles. The second-order valence-corrected chi connectivity index (χ2v) is 8.14. The van der Waals surface area contributed by atoms with Crippen molar-refractivity contribution in [3.63, 3.8) is 0 Å². The van der Waals surface area contributed by atoms with Crippen LogP contribution in [0, 0.1) is 0 Å². The summed E-state index contributed by atoms with van der Waals surface area (Å²) in [6, 6.07) is 5.19. The highest BCUT2D eigenvalue weighted by Gasteiger charge is 2.33. The number of nitrogens with two attached hydrogens (primary N) is 1. The number of piperidine rings is 1. The van der Waals surface area contributed by atoms with Gasteiger partial charge < -0.3 is 10.7 Å². The Bertz CT molecular complexity index is 838. The van der Waals surface area contributed by atoms with Crippen LogP contribution in [0.1, 0.15) is 29.8 Å². The number of fused-ring (bicyclic) bond motifs is 1. The average molecular weight is 386 g/mol. The molecule has 0 aliphatic carbocycles. The average Bonchev–Trinajstić information content (AvgIpc) is 2.87. The summed E-state index contributed by atoms with van der Waals surface area (Å²) < 4.78 is 28.1. The third-order valence-electron chi connectivity index (χ3n) is 3.87. The Morgan fingerprint density at radius 1 is 1.23 bits per heavy atom. The molecular weight excluding hydrogens is 370 g/mol. The summed E-state index contributed by atoms with van der Waals surface area (Å²) in [5.74, 6) is -0.775. The number of carbonyl (C=O) groups excluding carboxylic acids is 1. The molecule has 6 nitrogen and oxygen atoms in total. The number of nitrogens with zero attached hydrogens (tertiary/aromatic N) is 1. The number of amides is 1. The van der Waals surface area contributed by atoms with E-state index in [1.54, 1.807) is 18.2 Å². The first-order valence-corrected chi connectivity index (χ1v) is 9.26. The van der Waals surface area contributed by atoms with Crippen LogP contribution in [-0.2, 0) is 10.0 Å². The van der Waals surface area contributed by atoms with Gasteiger partial charge in [-0.3, -0.25) is 4.79 Å². The van der Waals surface area contributed by atoms with Crippen LogP contribution < -0.4 is 5.73 Å². The van der Waals surface area contributed by atoms with Crippen molar-refractivity contribution in [2.45, 2.75) is 24.2 Å². The largest absolute Gasteiger partial charge is 0.364 e. The molecule has 8 heteroatoms. The first-order chi connectivity index (χ1) is 10.4. The van der Waals surface area contributed by atoms with Gasteiger partial charge in [-0.25, -0.2) is 8.42 Å². The molecule has 0 spiro atoms. The van der Waals surface area contributed by atoms with Crippen LogP contribution in [0.4, 0.5) is 0 Å². The van der Waals surface area contributed by atoms with E-state index in [4.69, 9.17) is 5.73 Å². The van der Waals surface area contributed by atoms with Gasteiger partial charge in [-0.2, -0.15) is 4.31 Å². The van der Waals surface area contributed by atoms with Gasteiger partial charge in [0.05, 0.1) is 0 Å². The zero-order chi connectivity index (χ0) is 15.9. The van der Waals surface area contributed by atoms with Crippen molar-refractivity contribution in [3.8, 4) is 0 Å². The van der Waals surface area contributed by atoms with E-state index in [1.807, 2.05) is 0 Å². The number of benzene rings is 1. The maximum Gasteiger partial charge on any atom is 0.266 e. The summed E-state index contributed by atoms with van der Waals surface area (Å²) in [7, 11) is -3.76. The maximum absolute atomic E-state index is 13.0. The number of aromatic amines is 1. The highest BCUT2D eigenvalue weighted by molar-refractivity contribution is 9.10. The number of halogens is 1. The molecule has 1 fully saturated rings. The molecule has 22 heavy (non-hydrogen) atoms. The van der Waals surface area contributed by atoms with E-state index < -0.39 is 15.9 Å². The lowest BCUT2D eigenvalue weighted by atomic mass is 10.2. The third-order valence-corrected chi connectivity index (χ3v) is 6.35. The topological polar surface area (TPSA) is 96.3 Å². The molecule has 0 bridgehead atoms. The zero-order valence-electron chi connectivity index (χ0n) is 11.8. The van der Waals surface area contributed by atoms with Gasteiger partial charge in [0.15, 0.2) is 0 Å². The number of primary amides is 1. The van der Waals surface area contributed by atoms with Crippen LogP contribution in [0.5, 0.6) is 0 Å². The molecule has 0 atom stereocenters. The van der Waals surface area contributed by atoms with Crippen molar-refractivity contribution in [2.75, 3.05) is 13.1 Å². The molecular formula is C14H16BrN3O3S. The number of aromatic nitrogens is 1. The van der Waals surface area contributed by atoms with E-state index >= 15 is 0 Å². The van der Waals surface area contributed by atoms with Gasteiger partial charge in [0.2, 0.25) is 10.0 Å². The molecule has 0 radical (unpaired) electrons. The van der Waals surface area contributed by atoms with Crippen LogP contribution >= 0.6 is 15.9 Å². The fraction of sp³-hybridized carbons (Fsp3) is 0.357. The van der Waals surface area contributed by atoms with Crippen molar-refractivity contribution in [3.05, 3.63) is 28.4 Å². The number of carbonyl (C=O) groups is 1. The summed E-state index contributed by atoms with van der Waals surface area (Å²) in [6.07, 6.45) is 2.68. The predicted octanol–water partition coefficient (Wildman–Crippen LogP) is 2.20. The van der Waals surface area contributed by atoms with E-state index in [0.29, 0.717) is 24.0 Å². The van der Waals surface area contributed by atoms with E-state index in [0.717, 1.165) is 23.7 Å². The van der Waals surface area contributed by atoms with E-state index in [-0.39, 0.29) is 10.6 Å². The fourth-order valence-electron chi connectivity index (χ4n) is 2.82. The van der Waals surface area contributed by atoms with Gasteiger partial charge in [-0.1, -0.05) is 22.4 Å². The van der Waals surface area contributed by atoms with Gasteiger partial charge >= 0.3 is 0 Å². The van der Waals surface area contributed by atoms with E-state index in [1.165, 1.54) is 4.31 Å². The van der Waals surface area contributed by atoms with Crippen molar-refractivity contribution >= 4 is 42.8 Å². The van der Waals surface area contributed by atoms with Gasteiger partial charge in [-0.05, 0) is 31.0 Å².